The summed E-state index contributed by atoms with van der Waals surface area (Å²) in [5.74, 6) is 0.493. The van der Waals surface area contributed by atoms with Crippen molar-refractivity contribution >= 4 is 26.8 Å². The molecule has 5 nitrogen and oxygen atoms in total. The van der Waals surface area contributed by atoms with E-state index < -0.39 is 0 Å². The van der Waals surface area contributed by atoms with Crippen molar-refractivity contribution in [2.45, 2.75) is 6.61 Å². The first-order valence-electron chi connectivity index (χ1n) is 5.34. The number of nitrogens with zero attached hydrogens (tertiary/aromatic N) is 4. The lowest BCUT2D eigenvalue weighted by Gasteiger charge is -2.08. The Labute approximate surface area is 111 Å². The molecule has 0 saturated carbocycles. The fraction of sp³-hybridized carbons (Fsp3) is 0.0833. The summed E-state index contributed by atoms with van der Waals surface area (Å²) in [6, 6.07) is 7.84. The molecule has 90 valence electrons. The lowest BCUT2D eigenvalue weighted by atomic mass is 10.2. The first-order chi connectivity index (χ1) is 8.79. The number of aromatic nitrogens is 4. The van der Waals surface area contributed by atoms with Gasteiger partial charge in [-0.05, 0) is 28.1 Å². The van der Waals surface area contributed by atoms with Gasteiger partial charge in [-0.3, -0.25) is 9.55 Å². The highest BCUT2D eigenvalue weighted by molar-refractivity contribution is 9.10. The van der Waals surface area contributed by atoms with E-state index in [0.29, 0.717) is 5.82 Å². The smallest absolute Gasteiger partial charge is 0.163 e. The zero-order chi connectivity index (χ0) is 12.5. The number of rotatable bonds is 2. The lowest BCUT2D eigenvalue weighted by molar-refractivity contribution is 0.269. The van der Waals surface area contributed by atoms with Crippen LogP contribution >= 0.6 is 15.9 Å². The van der Waals surface area contributed by atoms with Crippen molar-refractivity contribution in [3.63, 3.8) is 0 Å². The molecular formula is C12H9BrN4O. The van der Waals surface area contributed by atoms with Gasteiger partial charge in [0.1, 0.15) is 12.9 Å². The minimum atomic E-state index is -0.160. The number of para-hydroxylation sites is 1. The normalized spacial score (nSPS) is 11.0. The molecule has 0 unspecified atom stereocenters. The second-order valence-corrected chi connectivity index (χ2v) is 4.69. The third kappa shape index (κ3) is 1.79. The van der Waals surface area contributed by atoms with Gasteiger partial charge in [0, 0.05) is 16.1 Å². The van der Waals surface area contributed by atoms with Crippen molar-refractivity contribution in [3.8, 4) is 5.69 Å². The third-order valence-corrected chi connectivity index (χ3v) is 3.11. The molecule has 6 heteroatoms. The first-order valence-corrected chi connectivity index (χ1v) is 6.13. The zero-order valence-corrected chi connectivity index (χ0v) is 10.9. The van der Waals surface area contributed by atoms with Gasteiger partial charge >= 0.3 is 0 Å². The Hall–Kier alpha value is -1.79. The molecule has 18 heavy (non-hydrogen) atoms. The zero-order valence-electron chi connectivity index (χ0n) is 9.29. The molecule has 0 fully saturated rings. The Bertz CT molecular complexity index is 710. The van der Waals surface area contributed by atoms with Gasteiger partial charge < -0.3 is 5.11 Å². The standard InChI is InChI=1S/C12H9BrN4O/c13-9-4-8-2-1-3-10(12(8)14-5-9)17-7-15-16-11(17)6-18/h1-5,7,18H,6H2. The van der Waals surface area contributed by atoms with Crippen LogP contribution in [0.5, 0.6) is 0 Å². The number of pyridine rings is 1. The Balaban J connectivity index is 2.29. The van der Waals surface area contributed by atoms with Crippen LogP contribution in [-0.2, 0) is 6.61 Å². The number of fused-ring (bicyclic) bond motifs is 1. The number of benzene rings is 1. The Kier molecular flexibility index (Phi) is 2.81. The van der Waals surface area contributed by atoms with Gasteiger partial charge in [0.05, 0.1) is 11.2 Å². The quantitative estimate of drug-likeness (QED) is 0.787. The van der Waals surface area contributed by atoms with Crippen molar-refractivity contribution in [1.82, 2.24) is 19.7 Å². The second-order valence-electron chi connectivity index (χ2n) is 3.78. The summed E-state index contributed by atoms with van der Waals surface area (Å²) in [6.07, 6.45) is 3.32. The summed E-state index contributed by atoms with van der Waals surface area (Å²) in [6.45, 7) is -0.160. The van der Waals surface area contributed by atoms with Crippen molar-refractivity contribution in [1.29, 1.82) is 0 Å². The molecular weight excluding hydrogens is 296 g/mol. The van der Waals surface area contributed by atoms with E-state index >= 15 is 0 Å². The van der Waals surface area contributed by atoms with E-state index in [9.17, 15) is 5.11 Å². The van der Waals surface area contributed by atoms with Crippen molar-refractivity contribution < 1.29 is 5.11 Å². The summed E-state index contributed by atoms with van der Waals surface area (Å²) in [7, 11) is 0. The highest BCUT2D eigenvalue weighted by Crippen LogP contribution is 2.23. The molecule has 0 amide bonds. The van der Waals surface area contributed by atoms with Gasteiger partial charge in [0.15, 0.2) is 5.82 Å². The minimum absolute atomic E-state index is 0.160. The van der Waals surface area contributed by atoms with Crippen LogP contribution in [0, 0.1) is 0 Å². The predicted octanol–water partition coefficient (Wildman–Crippen LogP) is 2.07. The van der Waals surface area contributed by atoms with Crippen LogP contribution in [0.25, 0.3) is 16.6 Å². The maximum Gasteiger partial charge on any atom is 0.163 e. The van der Waals surface area contributed by atoms with Crippen LogP contribution in [0.4, 0.5) is 0 Å². The van der Waals surface area contributed by atoms with Gasteiger partial charge in [0.25, 0.3) is 0 Å². The van der Waals surface area contributed by atoms with Crippen LogP contribution in [-0.4, -0.2) is 24.9 Å². The van der Waals surface area contributed by atoms with E-state index in [-0.39, 0.29) is 6.61 Å². The van der Waals surface area contributed by atoms with E-state index in [4.69, 9.17) is 0 Å². The first kappa shape index (κ1) is 11.3. The molecule has 2 heterocycles. The molecule has 0 aliphatic carbocycles. The average molecular weight is 305 g/mol. The molecule has 0 saturated heterocycles. The van der Waals surface area contributed by atoms with Crippen LogP contribution in [0.3, 0.4) is 0 Å². The molecule has 3 rings (SSSR count). The molecule has 0 atom stereocenters. The molecule has 1 aromatic carbocycles. The molecule has 0 aliphatic heterocycles. The van der Waals surface area contributed by atoms with Crippen LogP contribution in [0.15, 0.2) is 41.3 Å². The third-order valence-electron chi connectivity index (χ3n) is 2.68. The molecule has 0 radical (unpaired) electrons. The van der Waals surface area contributed by atoms with E-state index in [2.05, 4.69) is 31.1 Å². The Morgan fingerprint density at radius 3 is 3.06 bits per heavy atom. The molecule has 0 spiro atoms. The SMILES string of the molecule is OCc1nncn1-c1cccc2cc(Br)cnc12. The molecule has 0 aliphatic rings. The summed E-state index contributed by atoms with van der Waals surface area (Å²) in [4.78, 5) is 4.41. The van der Waals surface area contributed by atoms with Crippen molar-refractivity contribution in [2.75, 3.05) is 0 Å². The highest BCUT2D eigenvalue weighted by atomic mass is 79.9. The average Bonchev–Trinajstić information content (AvgIpc) is 2.85. The largest absolute Gasteiger partial charge is 0.388 e. The molecule has 0 bridgehead atoms. The fourth-order valence-corrected chi connectivity index (χ4v) is 2.23. The van der Waals surface area contributed by atoms with E-state index in [0.717, 1.165) is 21.1 Å². The number of aliphatic hydroxyl groups is 1. The van der Waals surface area contributed by atoms with Crippen LogP contribution in [0.1, 0.15) is 5.82 Å². The number of aliphatic hydroxyl groups excluding tert-OH is 1. The minimum Gasteiger partial charge on any atom is -0.388 e. The summed E-state index contributed by atoms with van der Waals surface area (Å²) < 4.78 is 2.67. The topological polar surface area (TPSA) is 63.8 Å². The van der Waals surface area contributed by atoms with Gasteiger partial charge in [0.2, 0.25) is 0 Å². The van der Waals surface area contributed by atoms with Gasteiger partial charge in [-0.25, -0.2) is 0 Å². The number of hydrogen-bond donors (Lipinski definition) is 1. The van der Waals surface area contributed by atoms with E-state index in [1.807, 2.05) is 24.3 Å². The second kappa shape index (κ2) is 4.47. The summed E-state index contributed by atoms with van der Waals surface area (Å²) in [5.41, 5.74) is 1.70. The highest BCUT2D eigenvalue weighted by Gasteiger charge is 2.09. The Morgan fingerprint density at radius 1 is 1.33 bits per heavy atom. The number of hydrogen-bond acceptors (Lipinski definition) is 4. The van der Waals surface area contributed by atoms with Crippen LogP contribution in [0.2, 0.25) is 0 Å². The maximum atomic E-state index is 9.23. The maximum absolute atomic E-state index is 9.23. The van der Waals surface area contributed by atoms with Gasteiger partial charge in [-0.2, -0.15) is 0 Å². The molecule has 1 N–H and O–H groups in total. The van der Waals surface area contributed by atoms with Crippen molar-refractivity contribution in [3.05, 3.63) is 47.1 Å². The Morgan fingerprint density at radius 2 is 2.22 bits per heavy atom. The van der Waals surface area contributed by atoms with E-state index in [1.165, 1.54) is 0 Å². The van der Waals surface area contributed by atoms with Gasteiger partial charge in [-0.15, -0.1) is 10.2 Å². The number of halogens is 1. The summed E-state index contributed by atoms with van der Waals surface area (Å²) in [5, 5.41) is 17.9. The molecule has 2 aromatic heterocycles. The van der Waals surface area contributed by atoms with Crippen molar-refractivity contribution in [2.24, 2.45) is 0 Å². The summed E-state index contributed by atoms with van der Waals surface area (Å²) >= 11 is 3.40. The van der Waals surface area contributed by atoms with Gasteiger partial charge in [-0.1, -0.05) is 12.1 Å². The van der Waals surface area contributed by atoms with Crippen LogP contribution < -0.4 is 0 Å². The molecule has 3 aromatic rings. The predicted molar refractivity (Wildman–Crippen MR) is 70.3 cm³/mol. The lowest BCUT2D eigenvalue weighted by Crippen LogP contribution is -2.01. The fourth-order valence-electron chi connectivity index (χ4n) is 1.88. The van der Waals surface area contributed by atoms with E-state index in [1.54, 1.807) is 17.1 Å². The monoisotopic (exact) mass is 304 g/mol.